The second-order valence-corrected chi connectivity index (χ2v) is 6.24. The van der Waals surface area contributed by atoms with Crippen LogP contribution in [0.25, 0.3) is 0 Å². The molecule has 1 aromatic heterocycles. The van der Waals surface area contributed by atoms with Crippen LogP contribution in [-0.2, 0) is 9.47 Å². The lowest BCUT2D eigenvalue weighted by molar-refractivity contribution is -0.0548. The van der Waals surface area contributed by atoms with Gasteiger partial charge in [-0.25, -0.2) is 0 Å². The van der Waals surface area contributed by atoms with Gasteiger partial charge in [-0.1, -0.05) is 5.16 Å². The van der Waals surface area contributed by atoms with Crippen LogP contribution in [0.4, 0.5) is 0 Å². The number of fused-ring (bicyclic) bond motifs is 1. The van der Waals surface area contributed by atoms with Crippen molar-refractivity contribution >= 4 is 0 Å². The Morgan fingerprint density at radius 1 is 1.24 bits per heavy atom. The Kier molecular flexibility index (Phi) is 3.66. The first-order chi connectivity index (χ1) is 10.3. The van der Waals surface area contributed by atoms with E-state index in [-0.39, 0.29) is 18.1 Å². The molecule has 4 heterocycles. The Balaban J connectivity index is 1.46. The zero-order valence-corrected chi connectivity index (χ0v) is 12.1. The maximum absolute atomic E-state index is 6.12. The molecule has 4 atom stereocenters. The van der Waals surface area contributed by atoms with Crippen molar-refractivity contribution in [1.82, 2.24) is 15.0 Å². The average Bonchev–Trinajstić information content (AvgIpc) is 3.16. The molecule has 1 aromatic rings. The van der Waals surface area contributed by atoms with Crippen molar-refractivity contribution in [3.63, 3.8) is 0 Å². The molecule has 7 heteroatoms. The van der Waals surface area contributed by atoms with Crippen molar-refractivity contribution in [2.24, 2.45) is 5.73 Å². The Morgan fingerprint density at radius 2 is 2.19 bits per heavy atom. The number of ether oxygens (including phenoxy) is 2. The van der Waals surface area contributed by atoms with Gasteiger partial charge in [0.1, 0.15) is 6.10 Å². The summed E-state index contributed by atoms with van der Waals surface area (Å²) in [5, 5.41) is 4.11. The van der Waals surface area contributed by atoms with Crippen molar-refractivity contribution in [2.45, 2.75) is 43.4 Å². The van der Waals surface area contributed by atoms with E-state index in [9.17, 15) is 0 Å². The molecule has 2 N–H and O–H groups in total. The van der Waals surface area contributed by atoms with Gasteiger partial charge < -0.3 is 19.7 Å². The summed E-state index contributed by atoms with van der Waals surface area (Å²) in [5.74, 6) is 1.24. The molecule has 3 fully saturated rings. The summed E-state index contributed by atoms with van der Waals surface area (Å²) in [5.41, 5.74) is 6.12. The average molecular weight is 294 g/mol. The predicted octanol–water partition coefficient (Wildman–Crippen LogP) is 0.436. The number of nitrogens with two attached hydrogens (primary N) is 1. The number of nitrogens with zero attached hydrogens (tertiary/aromatic N) is 3. The topological polar surface area (TPSA) is 86.6 Å². The molecule has 7 nitrogen and oxygen atoms in total. The zero-order chi connectivity index (χ0) is 14.2. The highest BCUT2D eigenvalue weighted by molar-refractivity contribution is 5.03. The zero-order valence-electron chi connectivity index (χ0n) is 12.1. The maximum atomic E-state index is 6.12. The fourth-order valence-electron chi connectivity index (χ4n) is 3.51. The molecule has 0 spiro atoms. The van der Waals surface area contributed by atoms with Crippen LogP contribution in [0.3, 0.4) is 0 Å². The quantitative estimate of drug-likeness (QED) is 0.846. The molecule has 116 valence electrons. The highest BCUT2D eigenvalue weighted by Gasteiger charge is 2.36. The summed E-state index contributed by atoms with van der Waals surface area (Å²) >= 11 is 0. The van der Waals surface area contributed by atoms with E-state index in [1.807, 2.05) is 0 Å². The molecule has 0 aromatic carbocycles. The SMILES string of the molecule is NC1CCOCC1c1nc(C2CN3CCCC3CO2)no1. The van der Waals surface area contributed by atoms with Crippen LogP contribution in [0.5, 0.6) is 0 Å². The molecule has 0 bridgehead atoms. The second-order valence-electron chi connectivity index (χ2n) is 6.24. The number of aromatic nitrogens is 2. The van der Waals surface area contributed by atoms with E-state index < -0.39 is 0 Å². The van der Waals surface area contributed by atoms with Gasteiger partial charge in [-0.3, -0.25) is 4.90 Å². The van der Waals surface area contributed by atoms with Crippen LogP contribution in [0, 0.1) is 0 Å². The van der Waals surface area contributed by atoms with E-state index in [0.717, 1.165) is 26.1 Å². The van der Waals surface area contributed by atoms with Crippen molar-refractivity contribution < 1.29 is 14.0 Å². The van der Waals surface area contributed by atoms with Gasteiger partial charge in [-0.15, -0.1) is 0 Å². The van der Waals surface area contributed by atoms with E-state index in [0.29, 0.717) is 31.0 Å². The number of morpholine rings is 1. The standard InChI is InChI=1S/C14H22N4O3/c15-11-3-5-19-8-10(11)14-16-13(17-21-14)12-6-18-4-1-2-9(18)7-20-12/h9-12H,1-8,15H2. The molecule has 0 amide bonds. The van der Waals surface area contributed by atoms with Crippen molar-refractivity contribution in [1.29, 1.82) is 0 Å². The van der Waals surface area contributed by atoms with Crippen LogP contribution in [0.2, 0.25) is 0 Å². The first-order valence-electron chi connectivity index (χ1n) is 7.84. The van der Waals surface area contributed by atoms with Crippen LogP contribution < -0.4 is 5.73 Å². The summed E-state index contributed by atoms with van der Waals surface area (Å²) in [7, 11) is 0. The van der Waals surface area contributed by atoms with Gasteiger partial charge in [0, 0.05) is 25.2 Å². The summed E-state index contributed by atoms with van der Waals surface area (Å²) in [6.45, 7) is 4.04. The van der Waals surface area contributed by atoms with Crippen molar-refractivity contribution in [3.8, 4) is 0 Å². The van der Waals surface area contributed by atoms with Gasteiger partial charge in [0.05, 0.1) is 19.1 Å². The van der Waals surface area contributed by atoms with Crippen LogP contribution in [0.1, 0.15) is 43.0 Å². The number of rotatable bonds is 2. The summed E-state index contributed by atoms with van der Waals surface area (Å²) < 4.78 is 16.8. The minimum atomic E-state index is -0.0856. The summed E-state index contributed by atoms with van der Waals surface area (Å²) in [4.78, 5) is 7.00. The highest BCUT2D eigenvalue weighted by Crippen LogP contribution is 2.30. The van der Waals surface area contributed by atoms with E-state index in [1.54, 1.807) is 0 Å². The van der Waals surface area contributed by atoms with Crippen LogP contribution in [-0.4, -0.2) is 60.0 Å². The molecular weight excluding hydrogens is 272 g/mol. The Labute approximate surface area is 123 Å². The van der Waals surface area contributed by atoms with Gasteiger partial charge in [0.2, 0.25) is 11.7 Å². The molecule has 3 saturated heterocycles. The van der Waals surface area contributed by atoms with Gasteiger partial charge in [0.15, 0.2) is 0 Å². The van der Waals surface area contributed by atoms with E-state index in [4.69, 9.17) is 19.7 Å². The van der Waals surface area contributed by atoms with E-state index >= 15 is 0 Å². The van der Waals surface area contributed by atoms with Crippen molar-refractivity contribution in [3.05, 3.63) is 11.7 Å². The monoisotopic (exact) mass is 294 g/mol. The fourth-order valence-corrected chi connectivity index (χ4v) is 3.51. The lowest BCUT2D eigenvalue weighted by atomic mass is 9.97. The van der Waals surface area contributed by atoms with E-state index in [2.05, 4.69) is 15.0 Å². The van der Waals surface area contributed by atoms with Gasteiger partial charge in [0.25, 0.3) is 0 Å². The Morgan fingerprint density at radius 3 is 3.10 bits per heavy atom. The number of hydrogen-bond acceptors (Lipinski definition) is 7. The largest absolute Gasteiger partial charge is 0.381 e. The first-order valence-corrected chi connectivity index (χ1v) is 7.84. The predicted molar refractivity (Wildman–Crippen MR) is 73.7 cm³/mol. The minimum absolute atomic E-state index is 0.00289. The minimum Gasteiger partial charge on any atom is -0.381 e. The fraction of sp³-hybridized carbons (Fsp3) is 0.857. The van der Waals surface area contributed by atoms with Crippen LogP contribution >= 0.6 is 0 Å². The Bertz CT molecular complexity index is 494. The van der Waals surface area contributed by atoms with Crippen molar-refractivity contribution in [2.75, 3.05) is 32.9 Å². The van der Waals surface area contributed by atoms with Gasteiger partial charge in [-0.05, 0) is 25.8 Å². The smallest absolute Gasteiger partial charge is 0.233 e. The molecule has 4 unspecified atom stereocenters. The third-order valence-electron chi connectivity index (χ3n) is 4.86. The molecular formula is C14H22N4O3. The molecule has 3 aliphatic rings. The third-order valence-corrected chi connectivity index (χ3v) is 4.86. The van der Waals surface area contributed by atoms with E-state index in [1.165, 1.54) is 12.8 Å². The maximum Gasteiger partial charge on any atom is 0.233 e. The normalized spacial score (nSPS) is 37.6. The highest BCUT2D eigenvalue weighted by atomic mass is 16.5. The summed E-state index contributed by atoms with van der Waals surface area (Å²) in [6.07, 6.45) is 3.24. The lowest BCUT2D eigenvalue weighted by Crippen LogP contribution is -2.42. The van der Waals surface area contributed by atoms with Gasteiger partial charge in [-0.2, -0.15) is 4.98 Å². The molecule has 21 heavy (non-hydrogen) atoms. The molecule has 4 rings (SSSR count). The first kappa shape index (κ1) is 13.6. The lowest BCUT2D eigenvalue weighted by Gasteiger charge is -2.33. The molecule has 0 radical (unpaired) electrons. The molecule has 0 aliphatic carbocycles. The summed E-state index contributed by atoms with van der Waals surface area (Å²) in [6, 6.07) is 0.607. The molecule has 3 aliphatic heterocycles. The number of hydrogen-bond donors (Lipinski definition) is 1. The molecule has 0 saturated carbocycles. The second kappa shape index (κ2) is 5.64. The Hall–Kier alpha value is -1.02. The van der Waals surface area contributed by atoms with Crippen LogP contribution in [0.15, 0.2) is 4.52 Å². The van der Waals surface area contributed by atoms with Gasteiger partial charge >= 0.3 is 0 Å². The third kappa shape index (κ3) is 2.59.